The van der Waals surface area contributed by atoms with Gasteiger partial charge >= 0.3 is 6.03 Å². The van der Waals surface area contributed by atoms with Crippen LogP contribution in [0.15, 0.2) is 24.4 Å². The van der Waals surface area contributed by atoms with Crippen molar-refractivity contribution in [2.45, 2.75) is 13.0 Å². The number of rotatable bonds is 3. The van der Waals surface area contributed by atoms with Gasteiger partial charge in [0.25, 0.3) is 0 Å². The number of urea groups is 1. The van der Waals surface area contributed by atoms with Gasteiger partial charge in [-0.15, -0.1) is 5.10 Å². The van der Waals surface area contributed by atoms with Crippen molar-refractivity contribution in [3.8, 4) is 0 Å². The maximum atomic E-state index is 11.9. The topological polar surface area (TPSA) is 71.8 Å². The fraction of sp³-hybridized carbons (Fsp3) is 0.250. The second-order valence-corrected chi connectivity index (χ2v) is 5.07. The molecule has 2 aromatic rings. The summed E-state index contributed by atoms with van der Waals surface area (Å²) in [5.41, 5.74) is 0.786. The van der Waals surface area contributed by atoms with E-state index < -0.39 is 0 Å². The molecule has 20 heavy (non-hydrogen) atoms. The van der Waals surface area contributed by atoms with Gasteiger partial charge in [-0.05, 0) is 24.6 Å². The van der Waals surface area contributed by atoms with Gasteiger partial charge in [-0.25, -0.2) is 9.48 Å². The number of nitrogens with zero attached hydrogens (tertiary/aromatic N) is 3. The molecular weight excluding hydrogens is 301 g/mol. The number of benzene rings is 1. The summed E-state index contributed by atoms with van der Waals surface area (Å²) in [5.74, 6) is 0.497. The molecule has 0 bridgehead atoms. The molecule has 0 saturated heterocycles. The smallest absolute Gasteiger partial charge is 0.320 e. The van der Waals surface area contributed by atoms with Crippen LogP contribution < -0.4 is 10.6 Å². The van der Waals surface area contributed by atoms with Gasteiger partial charge in [-0.2, -0.15) is 0 Å². The Labute approximate surface area is 126 Å². The molecule has 0 spiro atoms. The molecule has 2 amide bonds. The standard InChI is InChI=1S/C12H13Cl2N5O/c1-7(9-4-3-8(13)5-10(9)14)16-12(20)17-11-6-15-18-19(11)2/h3-7H,1-2H3,(H2,16,17,20). The van der Waals surface area contributed by atoms with Crippen LogP contribution >= 0.6 is 23.2 Å². The first-order valence-electron chi connectivity index (χ1n) is 5.84. The van der Waals surface area contributed by atoms with Crippen LogP contribution in [-0.2, 0) is 7.05 Å². The number of aryl methyl sites for hydroxylation is 1. The van der Waals surface area contributed by atoms with E-state index in [1.807, 2.05) is 6.92 Å². The minimum absolute atomic E-state index is 0.263. The molecule has 0 fully saturated rings. The van der Waals surface area contributed by atoms with Crippen molar-refractivity contribution in [1.82, 2.24) is 20.3 Å². The van der Waals surface area contributed by atoms with Crippen LogP contribution in [0.5, 0.6) is 0 Å². The van der Waals surface area contributed by atoms with Crippen molar-refractivity contribution in [3.05, 3.63) is 40.0 Å². The number of halogens is 2. The molecule has 1 unspecified atom stereocenters. The SMILES string of the molecule is CC(NC(=O)Nc1cnnn1C)c1ccc(Cl)cc1Cl. The zero-order chi connectivity index (χ0) is 14.7. The Morgan fingerprint density at radius 1 is 1.40 bits per heavy atom. The summed E-state index contributed by atoms with van der Waals surface area (Å²) in [7, 11) is 1.68. The van der Waals surface area contributed by atoms with Gasteiger partial charge in [0.2, 0.25) is 0 Å². The van der Waals surface area contributed by atoms with E-state index in [0.29, 0.717) is 15.9 Å². The highest BCUT2D eigenvalue weighted by Gasteiger charge is 2.14. The average Bonchev–Trinajstić information content (AvgIpc) is 2.74. The number of aromatic nitrogens is 3. The summed E-state index contributed by atoms with van der Waals surface area (Å²) in [6.07, 6.45) is 1.46. The molecule has 1 aromatic heterocycles. The number of nitrogens with one attached hydrogen (secondary N) is 2. The molecule has 0 radical (unpaired) electrons. The van der Waals surface area contributed by atoms with Crippen LogP contribution in [0.1, 0.15) is 18.5 Å². The molecule has 0 aliphatic heterocycles. The summed E-state index contributed by atoms with van der Waals surface area (Å²) in [6, 6.07) is 4.51. The third-order valence-corrected chi connectivity index (χ3v) is 3.30. The van der Waals surface area contributed by atoms with Gasteiger partial charge in [0, 0.05) is 17.1 Å². The third-order valence-electron chi connectivity index (χ3n) is 2.73. The summed E-state index contributed by atoms with van der Waals surface area (Å²) in [5, 5.41) is 13.9. The van der Waals surface area contributed by atoms with Crippen molar-refractivity contribution in [2.75, 3.05) is 5.32 Å². The zero-order valence-electron chi connectivity index (χ0n) is 10.9. The van der Waals surface area contributed by atoms with Gasteiger partial charge in [0.05, 0.1) is 12.2 Å². The zero-order valence-corrected chi connectivity index (χ0v) is 12.4. The highest BCUT2D eigenvalue weighted by molar-refractivity contribution is 6.35. The predicted octanol–water partition coefficient (Wildman–Crippen LogP) is 3.00. The van der Waals surface area contributed by atoms with E-state index in [-0.39, 0.29) is 12.1 Å². The number of amides is 2. The lowest BCUT2D eigenvalue weighted by Crippen LogP contribution is -2.31. The van der Waals surface area contributed by atoms with Crippen molar-refractivity contribution >= 4 is 35.1 Å². The Morgan fingerprint density at radius 2 is 2.15 bits per heavy atom. The molecule has 1 atom stereocenters. The summed E-state index contributed by atoms with van der Waals surface area (Å²) in [6.45, 7) is 1.83. The summed E-state index contributed by atoms with van der Waals surface area (Å²) >= 11 is 11.9. The second-order valence-electron chi connectivity index (χ2n) is 4.23. The van der Waals surface area contributed by atoms with Crippen LogP contribution in [-0.4, -0.2) is 21.0 Å². The lowest BCUT2D eigenvalue weighted by Gasteiger charge is -2.16. The monoisotopic (exact) mass is 313 g/mol. The molecule has 0 aliphatic carbocycles. The maximum absolute atomic E-state index is 11.9. The normalized spacial score (nSPS) is 12.0. The number of carbonyl (C=O) groups excluding carboxylic acids is 1. The number of hydrogen-bond donors (Lipinski definition) is 2. The minimum atomic E-state index is -0.367. The van der Waals surface area contributed by atoms with E-state index in [1.165, 1.54) is 10.9 Å². The first-order valence-corrected chi connectivity index (χ1v) is 6.60. The number of carbonyl (C=O) groups is 1. The quantitative estimate of drug-likeness (QED) is 0.915. The first-order chi connectivity index (χ1) is 9.47. The molecule has 6 nitrogen and oxygen atoms in total. The molecule has 1 heterocycles. The van der Waals surface area contributed by atoms with E-state index >= 15 is 0 Å². The van der Waals surface area contributed by atoms with E-state index in [4.69, 9.17) is 23.2 Å². The second kappa shape index (κ2) is 6.11. The van der Waals surface area contributed by atoms with Crippen LogP contribution in [0.4, 0.5) is 10.6 Å². The van der Waals surface area contributed by atoms with Crippen LogP contribution in [0.3, 0.4) is 0 Å². The van der Waals surface area contributed by atoms with Gasteiger partial charge < -0.3 is 5.32 Å². The largest absolute Gasteiger partial charge is 0.331 e. The molecule has 0 saturated carbocycles. The third kappa shape index (κ3) is 3.40. The Morgan fingerprint density at radius 3 is 2.75 bits per heavy atom. The van der Waals surface area contributed by atoms with Crippen molar-refractivity contribution in [1.29, 1.82) is 0 Å². The lowest BCUT2D eigenvalue weighted by atomic mass is 10.1. The Bertz CT molecular complexity index is 628. The number of anilines is 1. The maximum Gasteiger partial charge on any atom is 0.320 e. The molecular formula is C12H13Cl2N5O. The fourth-order valence-corrected chi connectivity index (χ4v) is 2.25. The molecule has 8 heteroatoms. The molecule has 2 N–H and O–H groups in total. The van der Waals surface area contributed by atoms with Crippen LogP contribution in [0.25, 0.3) is 0 Å². The van der Waals surface area contributed by atoms with E-state index in [1.54, 1.807) is 25.2 Å². The minimum Gasteiger partial charge on any atom is -0.331 e. The van der Waals surface area contributed by atoms with Crippen LogP contribution in [0.2, 0.25) is 10.0 Å². The van der Waals surface area contributed by atoms with Crippen molar-refractivity contribution < 1.29 is 4.79 Å². The molecule has 106 valence electrons. The Balaban J connectivity index is 2.02. The molecule has 0 aliphatic rings. The van der Waals surface area contributed by atoms with E-state index in [9.17, 15) is 4.79 Å². The first kappa shape index (κ1) is 14.6. The molecule has 2 rings (SSSR count). The van der Waals surface area contributed by atoms with Gasteiger partial charge in [-0.3, -0.25) is 5.32 Å². The van der Waals surface area contributed by atoms with Gasteiger partial charge in [0.15, 0.2) is 5.82 Å². The Kier molecular flexibility index (Phi) is 4.46. The van der Waals surface area contributed by atoms with Gasteiger partial charge in [-0.1, -0.05) is 34.5 Å². The predicted molar refractivity (Wildman–Crippen MR) is 78.0 cm³/mol. The summed E-state index contributed by atoms with van der Waals surface area (Å²) < 4.78 is 1.46. The summed E-state index contributed by atoms with van der Waals surface area (Å²) in [4.78, 5) is 11.9. The molecule has 1 aromatic carbocycles. The highest BCUT2D eigenvalue weighted by Crippen LogP contribution is 2.26. The van der Waals surface area contributed by atoms with Crippen molar-refractivity contribution in [3.63, 3.8) is 0 Å². The van der Waals surface area contributed by atoms with E-state index in [2.05, 4.69) is 20.9 Å². The van der Waals surface area contributed by atoms with Crippen LogP contribution in [0, 0.1) is 0 Å². The number of hydrogen-bond acceptors (Lipinski definition) is 3. The highest BCUT2D eigenvalue weighted by atomic mass is 35.5. The fourth-order valence-electron chi connectivity index (χ4n) is 1.68. The average molecular weight is 314 g/mol. The van der Waals surface area contributed by atoms with E-state index in [0.717, 1.165) is 5.56 Å². The van der Waals surface area contributed by atoms with Gasteiger partial charge in [0.1, 0.15) is 0 Å². The Hall–Kier alpha value is -1.79. The van der Waals surface area contributed by atoms with Crippen molar-refractivity contribution in [2.24, 2.45) is 7.05 Å². The lowest BCUT2D eigenvalue weighted by molar-refractivity contribution is 0.249.